The van der Waals surface area contributed by atoms with Crippen LogP contribution in [0.25, 0.3) is 22.9 Å². The van der Waals surface area contributed by atoms with Crippen molar-refractivity contribution in [2.24, 2.45) is 0 Å². The van der Waals surface area contributed by atoms with E-state index in [1.165, 1.54) is 22.5 Å². The predicted molar refractivity (Wildman–Crippen MR) is 111 cm³/mol. The van der Waals surface area contributed by atoms with Gasteiger partial charge in [0.25, 0.3) is 0 Å². The van der Waals surface area contributed by atoms with Gasteiger partial charge in [-0.15, -0.1) is 11.3 Å². The average Bonchev–Trinajstić information content (AvgIpc) is 3.09. The average molecular weight is 359 g/mol. The lowest BCUT2D eigenvalue weighted by Crippen LogP contribution is -2.07. The molecule has 0 amide bonds. The first-order valence-corrected chi connectivity index (χ1v) is 9.28. The van der Waals surface area contributed by atoms with E-state index in [1.54, 1.807) is 0 Å². The van der Waals surface area contributed by atoms with Crippen LogP contribution in [-0.2, 0) is 0 Å². The molecule has 0 saturated carbocycles. The van der Waals surface area contributed by atoms with Crippen molar-refractivity contribution in [1.82, 2.24) is 4.98 Å². The van der Waals surface area contributed by atoms with Crippen molar-refractivity contribution in [2.45, 2.75) is 13.8 Å². The summed E-state index contributed by atoms with van der Waals surface area (Å²) in [6.45, 7) is 4.18. The summed E-state index contributed by atoms with van der Waals surface area (Å²) in [4.78, 5) is 6.75. The first-order valence-electron chi connectivity index (χ1n) is 8.40. The SMILES string of the molecule is Cc1ccc(-c2csc(C(C#N)=Cc3ccc(N(C)C)cc3)n2)c(C)c1. The zero-order chi connectivity index (χ0) is 18.7. The molecule has 0 saturated heterocycles. The van der Waals surface area contributed by atoms with Crippen LogP contribution in [0.5, 0.6) is 0 Å². The molecule has 0 aliphatic rings. The van der Waals surface area contributed by atoms with Crippen LogP contribution < -0.4 is 4.90 Å². The maximum atomic E-state index is 9.59. The second kappa shape index (κ2) is 7.55. The number of nitriles is 1. The summed E-state index contributed by atoms with van der Waals surface area (Å²) in [6, 6.07) is 16.8. The van der Waals surface area contributed by atoms with Gasteiger partial charge in [-0.25, -0.2) is 4.98 Å². The van der Waals surface area contributed by atoms with E-state index < -0.39 is 0 Å². The van der Waals surface area contributed by atoms with E-state index in [0.29, 0.717) is 5.57 Å². The van der Waals surface area contributed by atoms with Gasteiger partial charge in [0.05, 0.1) is 11.3 Å². The minimum Gasteiger partial charge on any atom is -0.378 e. The van der Waals surface area contributed by atoms with Crippen LogP contribution >= 0.6 is 11.3 Å². The predicted octanol–water partition coefficient (Wildman–Crippen LogP) is 5.56. The molecule has 0 atom stereocenters. The topological polar surface area (TPSA) is 39.9 Å². The van der Waals surface area contributed by atoms with Gasteiger partial charge in [-0.1, -0.05) is 35.9 Å². The van der Waals surface area contributed by atoms with Crippen LogP contribution in [0.3, 0.4) is 0 Å². The molecule has 0 aliphatic heterocycles. The van der Waals surface area contributed by atoms with E-state index in [2.05, 4.69) is 43.0 Å². The van der Waals surface area contributed by atoms with E-state index in [4.69, 9.17) is 4.98 Å². The molecule has 130 valence electrons. The fourth-order valence-electron chi connectivity index (χ4n) is 2.80. The van der Waals surface area contributed by atoms with Gasteiger partial charge in [-0.3, -0.25) is 0 Å². The van der Waals surface area contributed by atoms with E-state index in [0.717, 1.165) is 27.5 Å². The van der Waals surface area contributed by atoms with Crippen molar-refractivity contribution in [3.8, 4) is 17.3 Å². The summed E-state index contributed by atoms with van der Waals surface area (Å²) >= 11 is 1.51. The minimum atomic E-state index is 0.587. The second-order valence-corrected chi connectivity index (χ2v) is 7.37. The second-order valence-electron chi connectivity index (χ2n) is 6.51. The van der Waals surface area contributed by atoms with Crippen LogP contribution in [0.4, 0.5) is 5.69 Å². The number of hydrogen-bond acceptors (Lipinski definition) is 4. The summed E-state index contributed by atoms with van der Waals surface area (Å²) in [5, 5.41) is 12.4. The standard InChI is InChI=1S/C22H21N3S/c1-15-5-10-20(16(2)11-15)21-14-26-22(24-21)18(13-23)12-17-6-8-19(9-7-17)25(3)4/h5-12,14H,1-4H3. The number of allylic oxidation sites excluding steroid dienone is 1. The number of thiazole rings is 1. The van der Waals surface area contributed by atoms with Gasteiger partial charge >= 0.3 is 0 Å². The normalized spacial score (nSPS) is 11.3. The molecule has 0 fully saturated rings. The number of benzene rings is 2. The van der Waals surface area contributed by atoms with Gasteiger partial charge in [-0.05, 0) is 43.2 Å². The van der Waals surface area contributed by atoms with E-state index in [-0.39, 0.29) is 0 Å². The molecule has 3 nitrogen and oxygen atoms in total. The van der Waals surface area contributed by atoms with Gasteiger partial charge < -0.3 is 4.90 Å². The monoisotopic (exact) mass is 359 g/mol. The number of aromatic nitrogens is 1. The first kappa shape index (κ1) is 17.9. The highest BCUT2D eigenvalue weighted by Gasteiger charge is 2.11. The number of nitrogens with zero attached hydrogens (tertiary/aromatic N) is 3. The molecular weight excluding hydrogens is 338 g/mol. The Balaban J connectivity index is 1.92. The summed E-state index contributed by atoms with van der Waals surface area (Å²) in [7, 11) is 4.02. The molecule has 0 spiro atoms. The molecule has 0 radical (unpaired) electrons. The maximum Gasteiger partial charge on any atom is 0.134 e. The number of hydrogen-bond donors (Lipinski definition) is 0. The Kier molecular flexibility index (Phi) is 5.20. The van der Waals surface area contributed by atoms with Crippen molar-refractivity contribution in [3.63, 3.8) is 0 Å². The molecule has 0 aliphatic carbocycles. The van der Waals surface area contributed by atoms with Gasteiger partial charge in [-0.2, -0.15) is 5.26 Å². The zero-order valence-electron chi connectivity index (χ0n) is 15.4. The summed E-state index contributed by atoms with van der Waals surface area (Å²) in [6.07, 6.45) is 1.89. The summed E-state index contributed by atoms with van der Waals surface area (Å²) in [5.74, 6) is 0. The lowest BCUT2D eigenvalue weighted by molar-refractivity contribution is 1.13. The maximum absolute atomic E-state index is 9.59. The van der Waals surface area contributed by atoms with Crippen LogP contribution in [-0.4, -0.2) is 19.1 Å². The van der Waals surface area contributed by atoms with E-state index in [9.17, 15) is 5.26 Å². The molecule has 0 N–H and O–H groups in total. The van der Waals surface area contributed by atoms with Gasteiger partial charge in [0.2, 0.25) is 0 Å². The highest BCUT2D eigenvalue weighted by Crippen LogP contribution is 2.29. The largest absolute Gasteiger partial charge is 0.378 e. The summed E-state index contributed by atoms with van der Waals surface area (Å²) in [5.41, 5.74) is 7.19. The molecule has 1 aromatic heterocycles. The molecule has 0 bridgehead atoms. The zero-order valence-corrected chi connectivity index (χ0v) is 16.3. The van der Waals surface area contributed by atoms with E-state index >= 15 is 0 Å². The third kappa shape index (κ3) is 3.84. The van der Waals surface area contributed by atoms with Gasteiger partial charge in [0.1, 0.15) is 11.1 Å². The lowest BCUT2D eigenvalue weighted by Gasteiger charge is -2.11. The van der Waals surface area contributed by atoms with Crippen LogP contribution in [0, 0.1) is 25.2 Å². The van der Waals surface area contributed by atoms with Crippen LogP contribution in [0.15, 0.2) is 47.8 Å². The van der Waals surface area contributed by atoms with Crippen molar-refractivity contribution in [3.05, 3.63) is 69.5 Å². The molecule has 3 aromatic rings. The third-order valence-electron chi connectivity index (χ3n) is 4.23. The Morgan fingerprint density at radius 1 is 1.12 bits per heavy atom. The molecular formula is C22H21N3S. The molecule has 2 aromatic carbocycles. The number of aryl methyl sites for hydroxylation is 2. The fraction of sp³-hybridized carbons (Fsp3) is 0.182. The smallest absolute Gasteiger partial charge is 0.134 e. The van der Waals surface area contributed by atoms with Crippen LogP contribution in [0.2, 0.25) is 0 Å². The first-order chi connectivity index (χ1) is 12.5. The Hall–Kier alpha value is -2.90. The highest BCUT2D eigenvalue weighted by atomic mass is 32.1. The van der Waals surface area contributed by atoms with Gasteiger partial charge in [0.15, 0.2) is 0 Å². The Morgan fingerprint density at radius 3 is 2.46 bits per heavy atom. The molecule has 0 unspecified atom stereocenters. The number of anilines is 1. The quantitative estimate of drug-likeness (QED) is 0.573. The van der Waals surface area contributed by atoms with Crippen molar-refractivity contribution < 1.29 is 0 Å². The molecule has 26 heavy (non-hydrogen) atoms. The lowest BCUT2D eigenvalue weighted by atomic mass is 10.0. The Bertz CT molecular complexity index is 989. The van der Waals surface area contributed by atoms with E-state index in [1.807, 2.05) is 49.8 Å². The summed E-state index contributed by atoms with van der Waals surface area (Å²) < 4.78 is 0. The molecule has 1 heterocycles. The Labute approximate surface area is 158 Å². The van der Waals surface area contributed by atoms with Crippen LogP contribution in [0.1, 0.15) is 21.7 Å². The number of rotatable bonds is 4. The van der Waals surface area contributed by atoms with Gasteiger partial charge in [0, 0.05) is 30.7 Å². The third-order valence-corrected chi connectivity index (χ3v) is 5.11. The minimum absolute atomic E-state index is 0.587. The van der Waals surface area contributed by atoms with Crippen molar-refractivity contribution in [2.75, 3.05) is 19.0 Å². The molecule has 3 rings (SSSR count). The van der Waals surface area contributed by atoms with Crippen molar-refractivity contribution >= 4 is 28.7 Å². The van der Waals surface area contributed by atoms with Crippen molar-refractivity contribution in [1.29, 1.82) is 5.26 Å². The highest BCUT2D eigenvalue weighted by molar-refractivity contribution is 7.11. The molecule has 4 heteroatoms. The Morgan fingerprint density at radius 2 is 1.85 bits per heavy atom. The fourth-order valence-corrected chi connectivity index (χ4v) is 3.58.